The topological polar surface area (TPSA) is 140 Å². The number of hydrogen-bond donors (Lipinski definition) is 1. The van der Waals surface area contributed by atoms with Crippen LogP contribution in [-0.2, 0) is 22.6 Å². The number of aryl methyl sites for hydroxylation is 1. The van der Waals surface area contributed by atoms with E-state index in [1.54, 1.807) is 12.4 Å². The van der Waals surface area contributed by atoms with Gasteiger partial charge in [-0.05, 0) is 31.9 Å². The molecule has 162 valence electrons. The van der Waals surface area contributed by atoms with E-state index < -0.39 is 0 Å². The number of pyridine rings is 1. The molecule has 1 aliphatic heterocycles. The molecule has 1 aliphatic carbocycles. The summed E-state index contributed by atoms with van der Waals surface area (Å²) in [5.74, 6) is 3.56. The predicted molar refractivity (Wildman–Crippen MR) is 107 cm³/mol. The summed E-state index contributed by atoms with van der Waals surface area (Å²) in [6.07, 6.45) is 6.49. The van der Waals surface area contributed by atoms with Crippen molar-refractivity contribution in [2.75, 3.05) is 6.54 Å². The van der Waals surface area contributed by atoms with E-state index in [0.717, 1.165) is 17.2 Å². The van der Waals surface area contributed by atoms with Gasteiger partial charge in [0.05, 0.1) is 12.6 Å². The van der Waals surface area contributed by atoms with Crippen LogP contribution in [0.1, 0.15) is 55.7 Å². The molecule has 0 radical (unpaired) electrons. The number of carbonyl (C=O) groups is 2. The summed E-state index contributed by atoms with van der Waals surface area (Å²) in [4.78, 5) is 31.3. The standard InChI is InChI=1S/C19H21N7O2.CH2O2/c1-12-10-25(11-15-22-23-19(26(12)15)14-2-3-14)17(27)5-4-16-21-18(24-28-16)13-6-8-20-9-7-13;2-1-3/h6-9,12,14H,2-5,10-11H2,1H3;1H,(H,2,3)/t12-;/m0./s1. The summed E-state index contributed by atoms with van der Waals surface area (Å²) in [5, 5.41) is 19.6. The molecular weight excluding hydrogens is 402 g/mol. The van der Waals surface area contributed by atoms with Crippen molar-refractivity contribution in [3.8, 4) is 11.4 Å². The molecule has 3 aromatic heterocycles. The van der Waals surface area contributed by atoms with E-state index in [0.29, 0.717) is 43.6 Å². The van der Waals surface area contributed by atoms with Gasteiger partial charge in [0.1, 0.15) is 5.82 Å². The van der Waals surface area contributed by atoms with Crippen LogP contribution in [0.25, 0.3) is 11.4 Å². The molecule has 2 aliphatic rings. The quantitative estimate of drug-likeness (QED) is 0.606. The van der Waals surface area contributed by atoms with Gasteiger partial charge >= 0.3 is 0 Å². The first-order chi connectivity index (χ1) is 15.1. The Morgan fingerprint density at radius 1 is 1.29 bits per heavy atom. The molecule has 3 aromatic rings. The number of hydrogen-bond acceptors (Lipinski definition) is 8. The third-order valence-corrected chi connectivity index (χ3v) is 5.30. The van der Waals surface area contributed by atoms with Crippen molar-refractivity contribution in [2.45, 2.75) is 51.1 Å². The van der Waals surface area contributed by atoms with Crippen molar-refractivity contribution in [1.29, 1.82) is 0 Å². The molecule has 5 rings (SSSR count). The van der Waals surface area contributed by atoms with Gasteiger partial charge in [0.2, 0.25) is 17.6 Å². The zero-order chi connectivity index (χ0) is 21.8. The van der Waals surface area contributed by atoms with E-state index in [1.807, 2.05) is 17.0 Å². The van der Waals surface area contributed by atoms with E-state index in [-0.39, 0.29) is 18.4 Å². The fraction of sp³-hybridized carbons (Fsp3) is 0.450. The lowest BCUT2D eigenvalue weighted by Gasteiger charge is -2.32. The summed E-state index contributed by atoms with van der Waals surface area (Å²) in [7, 11) is 0. The Bertz CT molecular complexity index is 1040. The van der Waals surface area contributed by atoms with Gasteiger partial charge in [-0.3, -0.25) is 14.6 Å². The van der Waals surface area contributed by atoms with Gasteiger partial charge in [-0.1, -0.05) is 5.16 Å². The number of aromatic nitrogens is 6. The van der Waals surface area contributed by atoms with Crippen molar-refractivity contribution >= 4 is 12.4 Å². The normalized spacial score (nSPS) is 17.5. The highest BCUT2D eigenvalue weighted by molar-refractivity contribution is 5.76. The fourth-order valence-corrected chi connectivity index (χ4v) is 3.72. The van der Waals surface area contributed by atoms with Crippen LogP contribution >= 0.6 is 0 Å². The third kappa shape index (κ3) is 4.60. The number of nitrogens with zero attached hydrogens (tertiary/aromatic N) is 7. The minimum Gasteiger partial charge on any atom is -0.483 e. The zero-order valence-corrected chi connectivity index (χ0v) is 17.1. The fourth-order valence-electron chi connectivity index (χ4n) is 3.72. The van der Waals surface area contributed by atoms with Crippen LogP contribution in [0.15, 0.2) is 29.0 Å². The maximum absolute atomic E-state index is 12.7. The Morgan fingerprint density at radius 2 is 2.03 bits per heavy atom. The van der Waals surface area contributed by atoms with Gasteiger partial charge in [0.15, 0.2) is 5.82 Å². The van der Waals surface area contributed by atoms with Gasteiger partial charge < -0.3 is 19.1 Å². The summed E-state index contributed by atoms with van der Waals surface area (Å²) >= 11 is 0. The summed E-state index contributed by atoms with van der Waals surface area (Å²) in [6.45, 7) is 3.06. The van der Waals surface area contributed by atoms with Crippen LogP contribution < -0.4 is 0 Å². The van der Waals surface area contributed by atoms with Gasteiger partial charge in [-0.25, -0.2) is 0 Å². The lowest BCUT2D eigenvalue weighted by Crippen LogP contribution is -2.40. The third-order valence-electron chi connectivity index (χ3n) is 5.30. The molecule has 1 atom stereocenters. The lowest BCUT2D eigenvalue weighted by molar-refractivity contribution is -0.133. The molecule has 0 saturated heterocycles. The monoisotopic (exact) mass is 425 g/mol. The van der Waals surface area contributed by atoms with Crippen LogP contribution in [0.5, 0.6) is 0 Å². The second kappa shape index (κ2) is 9.02. The van der Waals surface area contributed by atoms with E-state index in [1.165, 1.54) is 12.8 Å². The Morgan fingerprint density at radius 3 is 2.74 bits per heavy atom. The second-order valence-corrected chi connectivity index (χ2v) is 7.60. The Hall–Kier alpha value is -3.63. The first kappa shape index (κ1) is 20.6. The minimum atomic E-state index is -0.250. The van der Waals surface area contributed by atoms with Gasteiger partial charge in [0.25, 0.3) is 6.47 Å². The maximum Gasteiger partial charge on any atom is 0.290 e. The van der Waals surface area contributed by atoms with Crippen molar-refractivity contribution < 1.29 is 19.2 Å². The largest absolute Gasteiger partial charge is 0.483 e. The molecule has 0 spiro atoms. The summed E-state index contributed by atoms with van der Waals surface area (Å²) in [5.41, 5.74) is 0.840. The van der Waals surface area contributed by atoms with E-state index in [4.69, 9.17) is 14.4 Å². The minimum absolute atomic E-state index is 0.0673. The molecule has 0 aromatic carbocycles. The molecule has 11 nitrogen and oxygen atoms in total. The van der Waals surface area contributed by atoms with Crippen LogP contribution in [0, 0.1) is 0 Å². The number of fused-ring (bicyclic) bond motifs is 1. The highest BCUT2D eigenvalue weighted by Crippen LogP contribution is 2.41. The van der Waals surface area contributed by atoms with Gasteiger partial charge in [0, 0.05) is 43.3 Å². The molecule has 31 heavy (non-hydrogen) atoms. The highest BCUT2D eigenvalue weighted by Gasteiger charge is 2.35. The van der Waals surface area contributed by atoms with Crippen molar-refractivity contribution in [3.05, 3.63) is 42.1 Å². The first-order valence-corrected chi connectivity index (χ1v) is 10.1. The zero-order valence-electron chi connectivity index (χ0n) is 17.1. The van der Waals surface area contributed by atoms with Crippen molar-refractivity contribution in [2.24, 2.45) is 0 Å². The highest BCUT2D eigenvalue weighted by atomic mass is 16.5. The number of amides is 1. The van der Waals surface area contributed by atoms with Gasteiger partial charge in [-0.2, -0.15) is 4.98 Å². The molecule has 1 N–H and O–H groups in total. The first-order valence-electron chi connectivity index (χ1n) is 10.1. The predicted octanol–water partition coefficient (Wildman–Crippen LogP) is 1.84. The number of rotatable bonds is 5. The molecule has 0 unspecified atom stereocenters. The van der Waals surface area contributed by atoms with Crippen molar-refractivity contribution in [3.63, 3.8) is 0 Å². The van der Waals surface area contributed by atoms with Crippen LogP contribution in [0.3, 0.4) is 0 Å². The molecule has 1 amide bonds. The summed E-state index contributed by atoms with van der Waals surface area (Å²) in [6, 6.07) is 3.84. The Labute approximate surface area is 178 Å². The maximum atomic E-state index is 12.7. The Kier molecular flexibility index (Phi) is 6.01. The van der Waals surface area contributed by atoms with E-state index in [9.17, 15) is 4.79 Å². The molecule has 11 heteroatoms. The SMILES string of the molecule is C[C@H]1CN(C(=O)CCc2nc(-c3ccncc3)no2)Cc2nnc(C3CC3)n21.O=CO. The molecule has 0 bridgehead atoms. The average Bonchev–Trinajstić information content (AvgIpc) is 3.34. The van der Waals surface area contributed by atoms with Crippen LogP contribution in [0.2, 0.25) is 0 Å². The van der Waals surface area contributed by atoms with E-state index in [2.05, 4.69) is 36.8 Å². The second-order valence-electron chi connectivity index (χ2n) is 7.60. The van der Waals surface area contributed by atoms with Crippen molar-refractivity contribution in [1.82, 2.24) is 34.8 Å². The Balaban J connectivity index is 0.000000730. The van der Waals surface area contributed by atoms with Crippen LogP contribution in [-0.4, -0.2) is 58.8 Å². The smallest absolute Gasteiger partial charge is 0.290 e. The number of carbonyl (C=O) groups excluding carboxylic acids is 1. The number of carboxylic acid groups (broad SMARTS) is 1. The molecular formula is C20H23N7O4. The van der Waals surface area contributed by atoms with E-state index >= 15 is 0 Å². The average molecular weight is 425 g/mol. The van der Waals surface area contributed by atoms with Gasteiger partial charge in [-0.15, -0.1) is 10.2 Å². The molecule has 1 fully saturated rings. The molecule has 4 heterocycles. The van der Waals surface area contributed by atoms with Crippen LogP contribution in [0.4, 0.5) is 0 Å². The lowest BCUT2D eigenvalue weighted by atomic mass is 10.2. The summed E-state index contributed by atoms with van der Waals surface area (Å²) < 4.78 is 7.51. The molecule has 1 saturated carbocycles.